The van der Waals surface area contributed by atoms with E-state index in [0.717, 1.165) is 102 Å². The van der Waals surface area contributed by atoms with Crippen molar-refractivity contribution in [2.24, 2.45) is 17.3 Å². The van der Waals surface area contributed by atoms with Crippen LogP contribution in [0.5, 0.6) is 0 Å². The highest BCUT2D eigenvalue weighted by Crippen LogP contribution is 2.44. The van der Waals surface area contributed by atoms with Gasteiger partial charge in [0.1, 0.15) is 0 Å². The molecule has 7 rings (SSSR count). The van der Waals surface area contributed by atoms with Gasteiger partial charge in [-0.1, -0.05) is 109 Å². The van der Waals surface area contributed by atoms with Gasteiger partial charge in [-0.2, -0.15) is 0 Å². The first-order valence-electron chi connectivity index (χ1n) is 25.0. The molecule has 0 amide bonds. The molecule has 8 heteroatoms. The molecule has 4 aromatic rings. The van der Waals surface area contributed by atoms with Gasteiger partial charge in [0.05, 0.1) is 29.3 Å². The lowest BCUT2D eigenvalue weighted by Gasteiger charge is -2.36. The number of anilines is 1. The molecule has 1 aliphatic carbocycles. The Hall–Kier alpha value is -4.24. The molecule has 2 N–H and O–H groups in total. The van der Waals surface area contributed by atoms with Crippen LogP contribution in [0.3, 0.4) is 0 Å². The van der Waals surface area contributed by atoms with E-state index >= 15 is 0 Å². The van der Waals surface area contributed by atoms with E-state index < -0.39 is 0 Å². The molecule has 7 nitrogen and oxygen atoms in total. The van der Waals surface area contributed by atoms with Crippen molar-refractivity contribution in [3.63, 3.8) is 0 Å². The van der Waals surface area contributed by atoms with Gasteiger partial charge in [-0.25, -0.2) is 0 Å². The molecule has 2 aromatic heterocycles. The Morgan fingerprint density at radius 1 is 0.938 bits per heavy atom. The first-order chi connectivity index (χ1) is 31.1. The van der Waals surface area contributed by atoms with Crippen molar-refractivity contribution in [1.29, 1.82) is 0 Å². The first kappa shape index (κ1) is 48.7. The molecule has 2 aromatic carbocycles. The van der Waals surface area contributed by atoms with Gasteiger partial charge in [0.15, 0.2) is 0 Å². The van der Waals surface area contributed by atoms with E-state index in [-0.39, 0.29) is 17.5 Å². The fourth-order valence-electron chi connectivity index (χ4n) is 10.6. The zero-order valence-corrected chi connectivity index (χ0v) is 42.3. The molecule has 0 radical (unpaired) electrons. The maximum Gasteiger partial charge on any atom is 0.0673 e. The quantitative estimate of drug-likeness (QED) is 0.0540. The number of rotatable bonds is 22. The van der Waals surface area contributed by atoms with Crippen LogP contribution in [0.1, 0.15) is 115 Å². The second-order valence-corrected chi connectivity index (χ2v) is 21.4. The van der Waals surface area contributed by atoms with Crippen molar-refractivity contribution in [2.45, 2.75) is 137 Å². The van der Waals surface area contributed by atoms with Crippen molar-refractivity contribution >= 4 is 29.4 Å². The van der Waals surface area contributed by atoms with Crippen LogP contribution in [0.15, 0.2) is 98.5 Å². The number of aryl methyl sites for hydroxylation is 2. The number of thiol groups is 1. The second kappa shape index (κ2) is 21.2. The molecule has 2 saturated heterocycles. The fraction of sp³-hybridized carbons (Fsp3) is 0.526. The molecular weight excluding hydrogens is 815 g/mol. The SMILES string of the molecule is C=CCCC(C)(C)Cc1c(-c2cc(N3CCN(C4CC4)CC3)cnc2C(C)CC)n(CC)c2ccc(-c3cc(C)cc(CC(C=C)NC(=C)[C@@H](NC(=C)C4CCN(S)C4)C(C)C)c3)cc12. The van der Waals surface area contributed by atoms with E-state index in [4.69, 9.17) is 4.98 Å². The van der Waals surface area contributed by atoms with Crippen molar-refractivity contribution in [1.82, 2.24) is 29.4 Å². The van der Waals surface area contributed by atoms with E-state index in [1.54, 1.807) is 0 Å². The average molecular weight is 896 g/mol. The first-order valence-corrected chi connectivity index (χ1v) is 25.4. The minimum absolute atomic E-state index is 0.0204. The Bertz CT molecular complexity index is 2320. The average Bonchev–Trinajstić information content (AvgIpc) is 3.98. The summed E-state index contributed by atoms with van der Waals surface area (Å²) in [5.41, 5.74) is 15.0. The number of fused-ring (bicyclic) bond motifs is 1. The molecular formula is C57H81N7S. The predicted octanol–water partition coefficient (Wildman–Crippen LogP) is 12.5. The van der Waals surface area contributed by atoms with Gasteiger partial charge in [0, 0.05) is 91.7 Å². The van der Waals surface area contributed by atoms with Crippen LogP contribution < -0.4 is 15.5 Å². The molecule has 2 aliphatic heterocycles. The number of nitrogens with one attached hydrogen (secondary N) is 2. The summed E-state index contributed by atoms with van der Waals surface area (Å²) in [7, 11) is 0. The second-order valence-electron chi connectivity index (χ2n) is 20.9. The van der Waals surface area contributed by atoms with Crippen LogP contribution >= 0.6 is 12.8 Å². The molecule has 4 heterocycles. The number of allylic oxidation sites excluding steroid dienone is 1. The Balaban J connectivity index is 1.24. The van der Waals surface area contributed by atoms with Gasteiger partial charge >= 0.3 is 0 Å². The number of hydrogen-bond acceptors (Lipinski definition) is 7. The highest BCUT2D eigenvalue weighted by molar-refractivity contribution is 7.77. The third-order valence-electron chi connectivity index (χ3n) is 14.8. The fourth-order valence-corrected chi connectivity index (χ4v) is 10.9. The van der Waals surface area contributed by atoms with Gasteiger partial charge < -0.3 is 20.1 Å². The highest BCUT2D eigenvalue weighted by atomic mass is 32.1. The van der Waals surface area contributed by atoms with E-state index in [9.17, 15) is 0 Å². The molecule has 1 saturated carbocycles. The van der Waals surface area contributed by atoms with E-state index in [2.05, 4.69) is 179 Å². The Morgan fingerprint density at radius 2 is 1.69 bits per heavy atom. The van der Waals surface area contributed by atoms with Crippen molar-refractivity contribution < 1.29 is 0 Å². The van der Waals surface area contributed by atoms with Crippen molar-refractivity contribution in [3.05, 3.63) is 121 Å². The zero-order valence-electron chi connectivity index (χ0n) is 41.4. The molecule has 65 heavy (non-hydrogen) atoms. The van der Waals surface area contributed by atoms with E-state index in [1.165, 1.54) is 74.2 Å². The smallest absolute Gasteiger partial charge is 0.0673 e. The number of nitrogens with zero attached hydrogens (tertiary/aromatic N) is 5. The van der Waals surface area contributed by atoms with Gasteiger partial charge in [-0.05, 0) is 123 Å². The van der Waals surface area contributed by atoms with Crippen LogP contribution in [0.2, 0.25) is 0 Å². The molecule has 3 fully saturated rings. The number of pyridine rings is 1. The third-order valence-corrected chi connectivity index (χ3v) is 15.1. The molecule has 4 atom stereocenters. The Kier molecular flexibility index (Phi) is 15.8. The van der Waals surface area contributed by atoms with Crippen molar-refractivity contribution in [3.8, 4) is 22.4 Å². The summed E-state index contributed by atoms with van der Waals surface area (Å²) in [6, 6.07) is 17.7. The van der Waals surface area contributed by atoms with E-state index in [1.807, 2.05) is 6.08 Å². The Labute approximate surface area is 399 Å². The molecule has 350 valence electrons. The summed E-state index contributed by atoms with van der Waals surface area (Å²) in [6.07, 6.45) is 15.0. The maximum absolute atomic E-state index is 5.37. The minimum Gasteiger partial charge on any atom is -0.381 e. The third kappa shape index (κ3) is 11.5. The summed E-state index contributed by atoms with van der Waals surface area (Å²) < 4.78 is 4.68. The lowest BCUT2D eigenvalue weighted by Crippen LogP contribution is -2.47. The van der Waals surface area contributed by atoms with Gasteiger partial charge in [0.25, 0.3) is 0 Å². The standard InChI is InChI=1S/C57H81N7S/c1-13-17-23-57(11,12)35-52-50-33-44(46-30-39(7)29-43(31-46)32-47(15-3)59-42(10)54(38(5)6)60-41(9)45-22-24-63(65)37-45)18-21-53(50)64(16-4)56(52)51-34-49(36-58-55(51)40(8)14-2)62-27-25-61(26-28-62)48-19-20-48/h13,15,18,21,29-31,33-34,36,38,40,45,47-48,54,59-60,65H,1,3,9-10,14,16-17,19-20,22-28,32,35,37H2,2,4-8,11-12H3/t40?,45?,47?,54-/m0/s1. The lowest BCUT2D eigenvalue weighted by atomic mass is 9.80. The zero-order chi connectivity index (χ0) is 46.6. The topological polar surface area (TPSA) is 51.6 Å². The van der Waals surface area contributed by atoms with Gasteiger partial charge in [-0.15, -0.1) is 13.2 Å². The number of hydrogen-bond donors (Lipinski definition) is 3. The van der Waals surface area contributed by atoms with Crippen LogP contribution in [0, 0.1) is 24.2 Å². The number of aromatic nitrogens is 2. The van der Waals surface area contributed by atoms with Gasteiger partial charge in [-0.3, -0.25) is 14.2 Å². The van der Waals surface area contributed by atoms with Crippen LogP contribution in [0.4, 0.5) is 5.69 Å². The minimum atomic E-state index is 0.0204. The molecule has 0 bridgehead atoms. The summed E-state index contributed by atoms with van der Waals surface area (Å²) in [4.78, 5) is 10.7. The number of piperazine rings is 1. The molecule has 3 unspecified atom stereocenters. The van der Waals surface area contributed by atoms with Crippen LogP contribution in [0.25, 0.3) is 33.3 Å². The highest BCUT2D eigenvalue weighted by Gasteiger charge is 2.33. The normalized spacial score (nSPS) is 18.8. The predicted molar refractivity (Wildman–Crippen MR) is 283 cm³/mol. The summed E-state index contributed by atoms with van der Waals surface area (Å²) in [6.45, 7) is 43.1. The summed E-state index contributed by atoms with van der Waals surface area (Å²) in [5.74, 6) is 1.06. The molecule has 3 aliphatic rings. The van der Waals surface area contributed by atoms with Crippen LogP contribution in [-0.4, -0.2) is 76.2 Å². The monoisotopic (exact) mass is 896 g/mol. The van der Waals surface area contributed by atoms with Crippen LogP contribution in [-0.2, 0) is 19.4 Å². The summed E-state index contributed by atoms with van der Waals surface area (Å²) >= 11 is 4.58. The lowest BCUT2D eigenvalue weighted by molar-refractivity contribution is 0.248. The van der Waals surface area contributed by atoms with E-state index in [0.29, 0.717) is 17.8 Å². The Morgan fingerprint density at radius 3 is 2.32 bits per heavy atom. The maximum atomic E-state index is 5.37. The van der Waals surface area contributed by atoms with Gasteiger partial charge in [0.2, 0.25) is 0 Å². The largest absolute Gasteiger partial charge is 0.381 e. The summed E-state index contributed by atoms with van der Waals surface area (Å²) in [5, 5.41) is 8.86. The number of benzene rings is 2. The van der Waals surface area contributed by atoms with Crippen molar-refractivity contribution in [2.75, 3.05) is 44.2 Å². The molecule has 0 spiro atoms.